The fourth-order valence-electron chi connectivity index (χ4n) is 1.16. The third kappa shape index (κ3) is 2.95. The van der Waals surface area contributed by atoms with Crippen molar-refractivity contribution < 1.29 is 19.4 Å². The number of rotatable bonds is 4. The first-order valence-electron chi connectivity index (χ1n) is 4.67. The number of carbonyl (C=O) groups excluding carboxylic acids is 1. The van der Waals surface area contributed by atoms with E-state index in [2.05, 4.69) is 4.74 Å². The molecule has 0 spiro atoms. The largest absolute Gasteiger partial charge is 0.494 e. The van der Waals surface area contributed by atoms with Crippen molar-refractivity contribution in [2.24, 2.45) is 0 Å². The van der Waals surface area contributed by atoms with E-state index in [1.807, 2.05) is 6.92 Å². The number of esters is 1. The van der Waals surface area contributed by atoms with E-state index in [4.69, 9.17) is 4.74 Å². The van der Waals surface area contributed by atoms with Crippen LogP contribution in [0.4, 0.5) is 0 Å². The Morgan fingerprint density at radius 2 is 2.00 bits per heavy atom. The second-order valence-electron chi connectivity index (χ2n) is 2.93. The molecule has 0 aliphatic rings. The van der Waals surface area contributed by atoms with Crippen LogP contribution in [0.2, 0.25) is 0 Å². The van der Waals surface area contributed by atoms with E-state index in [-0.39, 0.29) is 0 Å². The predicted molar refractivity (Wildman–Crippen MR) is 54.6 cm³/mol. The maximum Gasteiger partial charge on any atom is 0.339 e. The van der Waals surface area contributed by atoms with Crippen molar-refractivity contribution in [2.75, 3.05) is 13.7 Å². The van der Waals surface area contributed by atoms with Gasteiger partial charge in [0.2, 0.25) is 0 Å². The van der Waals surface area contributed by atoms with Crippen molar-refractivity contribution in [2.45, 2.75) is 13.0 Å². The summed E-state index contributed by atoms with van der Waals surface area (Å²) >= 11 is 0. The fraction of sp³-hybridized carbons (Fsp3) is 0.364. The van der Waals surface area contributed by atoms with Crippen LogP contribution in [0.1, 0.15) is 18.6 Å². The standard InChI is InChI=1S/C11H14O4/c1-3-15-9-6-4-8(5-7-9)10(12)11(13)14-2/h4-7,10,12H,3H2,1-2H3/t10-/m0/s1. The van der Waals surface area contributed by atoms with Gasteiger partial charge in [-0.3, -0.25) is 0 Å². The Balaban J connectivity index is 2.75. The van der Waals surface area contributed by atoms with Crippen LogP contribution in [0.5, 0.6) is 5.75 Å². The Hall–Kier alpha value is -1.55. The lowest BCUT2D eigenvalue weighted by Crippen LogP contribution is -2.13. The molecule has 1 aromatic carbocycles. The molecular formula is C11H14O4. The van der Waals surface area contributed by atoms with Gasteiger partial charge in [-0.15, -0.1) is 0 Å². The molecule has 4 nitrogen and oxygen atoms in total. The molecule has 0 saturated carbocycles. The minimum atomic E-state index is -1.23. The van der Waals surface area contributed by atoms with E-state index in [1.165, 1.54) is 7.11 Å². The van der Waals surface area contributed by atoms with E-state index in [1.54, 1.807) is 24.3 Å². The van der Waals surface area contributed by atoms with Crippen LogP contribution < -0.4 is 4.74 Å². The van der Waals surface area contributed by atoms with Gasteiger partial charge in [0.25, 0.3) is 0 Å². The number of aliphatic hydroxyl groups is 1. The maximum atomic E-state index is 11.0. The topological polar surface area (TPSA) is 55.8 Å². The molecule has 0 heterocycles. The van der Waals surface area contributed by atoms with Gasteiger partial charge in [-0.05, 0) is 24.6 Å². The molecule has 4 heteroatoms. The number of hydrogen-bond acceptors (Lipinski definition) is 4. The third-order valence-electron chi connectivity index (χ3n) is 1.93. The van der Waals surface area contributed by atoms with Gasteiger partial charge in [0.15, 0.2) is 6.10 Å². The van der Waals surface area contributed by atoms with E-state index < -0.39 is 12.1 Å². The van der Waals surface area contributed by atoms with Gasteiger partial charge in [0.1, 0.15) is 5.75 Å². The lowest BCUT2D eigenvalue weighted by molar-refractivity contribution is -0.150. The van der Waals surface area contributed by atoms with Crippen molar-refractivity contribution in [3.63, 3.8) is 0 Å². The smallest absolute Gasteiger partial charge is 0.339 e. The van der Waals surface area contributed by atoms with Gasteiger partial charge < -0.3 is 14.6 Å². The average Bonchev–Trinajstić information content (AvgIpc) is 2.28. The molecule has 1 aromatic rings. The molecule has 1 atom stereocenters. The highest BCUT2D eigenvalue weighted by atomic mass is 16.5. The van der Waals surface area contributed by atoms with Crippen LogP contribution in [0.15, 0.2) is 24.3 Å². The highest BCUT2D eigenvalue weighted by molar-refractivity contribution is 5.76. The number of methoxy groups -OCH3 is 1. The fourth-order valence-corrected chi connectivity index (χ4v) is 1.16. The molecule has 82 valence electrons. The molecule has 0 fully saturated rings. The minimum absolute atomic E-state index is 0.491. The summed E-state index contributed by atoms with van der Waals surface area (Å²) in [6.45, 7) is 2.47. The molecule has 0 radical (unpaired) electrons. The van der Waals surface area contributed by atoms with Gasteiger partial charge in [-0.2, -0.15) is 0 Å². The van der Waals surface area contributed by atoms with Crippen LogP contribution in [0.3, 0.4) is 0 Å². The molecule has 1 N–H and O–H groups in total. The molecule has 0 bridgehead atoms. The zero-order chi connectivity index (χ0) is 11.3. The number of hydrogen-bond donors (Lipinski definition) is 1. The maximum absolute atomic E-state index is 11.0. The van der Waals surface area contributed by atoms with Gasteiger partial charge in [-0.1, -0.05) is 12.1 Å². The zero-order valence-electron chi connectivity index (χ0n) is 8.77. The molecular weight excluding hydrogens is 196 g/mol. The van der Waals surface area contributed by atoms with Crippen LogP contribution in [-0.4, -0.2) is 24.8 Å². The highest BCUT2D eigenvalue weighted by Crippen LogP contribution is 2.18. The first-order valence-corrected chi connectivity index (χ1v) is 4.67. The Bertz CT molecular complexity index is 318. The molecule has 15 heavy (non-hydrogen) atoms. The summed E-state index contributed by atoms with van der Waals surface area (Å²) in [6.07, 6.45) is -1.23. The molecule has 0 aromatic heterocycles. The molecule has 0 unspecified atom stereocenters. The Morgan fingerprint density at radius 1 is 1.40 bits per heavy atom. The number of aliphatic hydroxyl groups excluding tert-OH is 1. The molecule has 0 aliphatic heterocycles. The van der Waals surface area contributed by atoms with Crippen molar-refractivity contribution in [1.29, 1.82) is 0 Å². The van der Waals surface area contributed by atoms with Gasteiger partial charge >= 0.3 is 5.97 Å². The Morgan fingerprint density at radius 3 is 2.47 bits per heavy atom. The first-order chi connectivity index (χ1) is 7.19. The summed E-state index contributed by atoms with van der Waals surface area (Å²) in [5, 5.41) is 9.49. The quantitative estimate of drug-likeness (QED) is 0.761. The molecule has 0 aliphatic carbocycles. The summed E-state index contributed by atoms with van der Waals surface area (Å²) in [7, 11) is 1.24. The number of benzene rings is 1. The van der Waals surface area contributed by atoms with Crippen LogP contribution >= 0.6 is 0 Å². The molecule has 0 amide bonds. The van der Waals surface area contributed by atoms with Crippen molar-refractivity contribution in [3.05, 3.63) is 29.8 Å². The summed E-state index contributed by atoms with van der Waals surface area (Å²) in [4.78, 5) is 11.0. The molecule has 1 rings (SSSR count). The van der Waals surface area contributed by atoms with E-state index in [9.17, 15) is 9.90 Å². The number of carbonyl (C=O) groups is 1. The monoisotopic (exact) mass is 210 g/mol. The minimum Gasteiger partial charge on any atom is -0.494 e. The zero-order valence-corrected chi connectivity index (χ0v) is 8.77. The predicted octanol–water partition coefficient (Wildman–Crippen LogP) is 1.29. The van der Waals surface area contributed by atoms with Gasteiger partial charge in [0, 0.05) is 0 Å². The van der Waals surface area contributed by atoms with Gasteiger partial charge in [0.05, 0.1) is 13.7 Å². The number of ether oxygens (including phenoxy) is 2. The van der Waals surface area contributed by atoms with Crippen LogP contribution in [-0.2, 0) is 9.53 Å². The van der Waals surface area contributed by atoms with Crippen LogP contribution in [0.25, 0.3) is 0 Å². The lowest BCUT2D eigenvalue weighted by Gasteiger charge is -2.09. The molecule has 0 saturated heterocycles. The Labute approximate surface area is 88.4 Å². The first kappa shape index (κ1) is 11.5. The Kier molecular flexibility index (Phi) is 4.12. The normalized spacial score (nSPS) is 11.9. The average molecular weight is 210 g/mol. The van der Waals surface area contributed by atoms with Crippen molar-refractivity contribution >= 4 is 5.97 Å². The second kappa shape index (κ2) is 5.36. The summed E-state index contributed by atoms with van der Waals surface area (Å²) in [6, 6.07) is 6.66. The summed E-state index contributed by atoms with van der Waals surface area (Å²) in [5.41, 5.74) is 0.491. The van der Waals surface area contributed by atoms with Crippen LogP contribution in [0, 0.1) is 0 Å². The SMILES string of the molecule is CCOc1ccc([C@H](O)C(=O)OC)cc1. The summed E-state index contributed by atoms with van der Waals surface area (Å²) in [5.74, 6) is 0.0393. The van der Waals surface area contributed by atoms with Gasteiger partial charge in [-0.25, -0.2) is 4.79 Å². The third-order valence-corrected chi connectivity index (χ3v) is 1.93. The highest BCUT2D eigenvalue weighted by Gasteiger charge is 2.17. The lowest BCUT2D eigenvalue weighted by atomic mass is 10.1. The van der Waals surface area contributed by atoms with E-state index in [0.717, 1.165) is 0 Å². The summed E-state index contributed by atoms with van der Waals surface area (Å²) < 4.78 is 9.65. The van der Waals surface area contributed by atoms with Crippen molar-refractivity contribution in [3.8, 4) is 5.75 Å². The van der Waals surface area contributed by atoms with Crippen molar-refractivity contribution in [1.82, 2.24) is 0 Å². The second-order valence-corrected chi connectivity index (χ2v) is 2.93. The van der Waals surface area contributed by atoms with E-state index in [0.29, 0.717) is 17.9 Å². The van der Waals surface area contributed by atoms with E-state index >= 15 is 0 Å².